The summed E-state index contributed by atoms with van der Waals surface area (Å²) >= 11 is 0. The van der Waals surface area contributed by atoms with Crippen LogP contribution in [0.15, 0.2) is 53.7 Å². The highest BCUT2D eigenvalue weighted by Gasteiger charge is 2.32. The molecule has 3 atom stereocenters. The molecule has 1 amide bonds. The number of para-hydroxylation sites is 1. The van der Waals surface area contributed by atoms with Crippen LogP contribution in [-0.2, 0) is 19.4 Å². The molecular weight excluding hydrogens is 580 g/mol. The first-order valence-corrected chi connectivity index (χ1v) is 15.5. The largest absolute Gasteiger partial charge is 0.383 e. The van der Waals surface area contributed by atoms with Crippen LogP contribution >= 0.6 is 0 Å². The zero-order valence-electron chi connectivity index (χ0n) is 24.1. The van der Waals surface area contributed by atoms with Crippen LogP contribution in [0.3, 0.4) is 0 Å². The normalized spacial score (nSPS) is 18.5. The molecule has 2 aromatic carbocycles. The van der Waals surface area contributed by atoms with Gasteiger partial charge in [0.25, 0.3) is 0 Å². The molecule has 0 bridgehead atoms. The second kappa shape index (κ2) is 12.3. The van der Waals surface area contributed by atoms with Crippen molar-refractivity contribution in [2.75, 3.05) is 43.7 Å². The number of aromatic nitrogens is 3. The van der Waals surface area contributed by atoms with Gasteiger partial charge in [0.15, 0.2) is 21.5 Å². The summed E-state index contributed by atoms with van der Waals surface area (Å²) in [7, 11) is -2.26. The molecule has 5 rings (SSSR count). The number of methoxy groups -OCH3 is 1. The molecule has 11 nitrogen and oxygen atoms in total. The first-order chi connectivity index (χ1) is 20.5. The summed E-state index contributed by atoms with van der Waals surface area (Å²) in [5.41, 5.74) is 1.19. The molecule has 3 heterocycles. The van der Waals surface area contributed by atoms with Gasteiger partial charge in [-0.15, -0.1) is 0 Å². The minimum absolute atomic E-state index is 0.0760. The van der Waals surface area contributed by atoms with Gasteiger partial charge in [0, 0.05) is 55.7 Å². The van der Waals surface area contributed by atoms with E-state index in [2.05, 4.69) is 49.6 Å². The van der Waals surface area contributed by atoms with Gasteiger partial charge in [0.1, 0.15) is 16.6 Å². The van der Waals surface area contributed by atoms with Crippen molar-refractivity contribution in [2.45, 2.75) is 36.9 Å². The third-order valence-electron chi connectivity index (χ3n) is 7.24. The Balaban J connectivity index is 1.43. The topological polar surface area (TPSA) is 141 Å². The lowest BCUT2D eigenvalue weighted by Crippen LogP contribution is -2.60. The summed E-state index contributed by atoms with van der Waals surface area (Å²) in [4.78, 5) is 26.4. The predicted molar refractivity (Wildman–Crippen MR) is 160 cm³/mol. The number of H-pyrrole nitrogens is 1. The Morgan fingerprint density at radius 1 is 1.14 bits per heavy atom. The van der Waals surface area contributed by atoms with Crippen LogP contribution in [0, 0.1) is 11.6 Å². The van der Waals surface area contributed by atoms with E-state index in [-0.39, 0.29) is 41.9 Å². The number of piperazine rings is 1. The molecule has 1 unspecified atom stereocenters. The number of carbonyl (C=O) groups is 1. The maximum absolute atomic E-state index is 15.1. The summed E-state index contributed by atoms with van der Waals surface area (Å²) in [6.45, 7) is 5.74. The van der Waals surface area contributed by atoms with Crippen molar-refractivity contribution in [2.24, 2.45) is 0 Å². The number of rotatable bonds is 9. The fourth-order valence-electron chi connectivity index (χ4n) is 5.43. The number of aromatic amines is 1. The van der Waals surface area contributed by atoms with Gasteiger partial charge in [0.2, 0.25) is 11.9 Å². The Hall–Kier alpha value is -3.98. The summed E-state index contributed by atoms with van der Waals surface area (Å²) in [6, 6.07) is 9.01. The van der Waals surface area contributed by atoms with Crippen molar-refractivity contribution in [1.29, 1.82) is 0 Å². The zero-order valence-corrected chi connectivity index (χ0v) is 24.9. The molecule has 2 aromatic heterocycles. The Bertz CT molecular complexity index is 1760. The number of sulfone groups is 1. The van der Waals surface area contributed by atoms with Crippen LogP contribution < -0.4 is 16.0 Å². The van der Waals surface area contributed by atoms with Gasteiger partial charge in [-0.25, -0.2) is 27.2 Å². The smallest absolute Gasteiger partial charge is 0.244 e. The molecule has 228 valence electrons. The fourth-order valence-corrected chi connectivity index (χ4v) is 6.19. The Morgan fingerprint density at radius 2 is 1.84 bits per heavy atom. The van der Waals surface area contributed by atoms with Gasteiger partial charge >= 0.3 is 0 Å². The molecule has 1 fully saturated rings. The van der Waals surface area contributed by atoms with E-state index >= 15 is 4.39 Å². The van der Waals surface area contributed by atoms with Crippen LogP contribution in [0.4, 0.5) is 26.1 Å². The summed E-state index contributed by atoms with van der Waals surface area (Å²) in [6.07, 6.45) is 3.41. The molecule has 1 saturated heterocycles. The predicted octanol–water partition coefficient (Wildman–Crippen LogP) is 3.69. The SMILES string of the molecule is COCC(C(=O)Nc1cccc2c(-c3nc(Nc4cccc(S(C)(=O)=O)c4F)ncc3F)c[nH]c12)N1C[C@@H](C)N[C@H](C)C1. The van der Waals surface area contributed by atoms with E-state index in [0.717, 1.165) is 18.5 Å². The van der Waals surface area contributed by atoms with Gasteiger partial charge < -0.3 is 25.7 Å². The van der Waals surface area contributed by atoms with Gasteiger partial charge in [0.05, 0.1) is 29.7 Å². The van der Waals surface area contributed by atoms with Crippen molar-refractivity contribution in [3.05, 3.63) is 60.4 Å². The van der Waals surface area contributed by atoms with Crippen molar-refractivity contribution >= 4 is 44.0 Å². The Morgan fingerprint density at radius 3 is 2.53 bits per heavy atom. The summed E-state index contributed by atoms with van der Waals surface area (Å²) < 4.78 is 59.2. The highest BCUT2D eigenvalue weighted by Crippen LogP contribution is 2.34. The quantitative estimate of drug-likeness (QED) is 0.222. The number of hydrogen-bond donors (Lipinski definition) is 4. The molecule has 43 heavy (non-hydrogen) atoms. The van der Waals surface area contributed by atoms with Crippen LogP contribution in [0.1, 0.15) is 13.8 Å². The Labute approximate surface area is 248 Å². The summed E-state index contributed by atoms with van der Waals surface area (Å²) in [5.74, 6) is -2.09. The average molecular weight is 614 g/mol. The molecule has 0 spiro atoms. The molecule has 1 aliphatic rings. The van der Waals surface area contributed by atoms with Gasteiger partial charge in [-0.2, -0.15) is 0 Å². The van der Waals surface area contributed by atoms with Crippen molar-refractivity contribution < 1.29 is 26.7 Å². The number of benzene rings is 2. The molecule has 0 saturated carbocycles. The van der Waals surface area contributed by atoms with Crippen LogP contribution in [-0.4, -0.2) is 85.4 Å². The average Bonchev–Trinajstić information content (AvgIpc) is 3.37. The molecule has 4 aromatic rings. The van der Waals surface area contributed by atoms with Crippen LogP contribution in [0.2, 0.25) is 0 Å². The minimum Gasteiger partial charge on any atom is -0.383 e. The lowest BCUT2D eigenvalue weighted by atomic mass is 10.1. The lowest BCUT2D eigenvalue weighted by molar-refractivity contribution is -0.124. The second-order valence-corrected chi connectivity index (χ2v) is 12.7. The molecule has 0 radical (unpaired) electrons. The molecule has 14 heteroatoms. The fraction of sp³-hybridized carbons (Fsp3) is 0.345. The third kappa shape index (κ3) is 6.51. The highest BCUT2D eigenvalue weighted by atomic mass is 32.2. The number of anilines is 3. The number of carbonyl (C=O) groups excluding carboxylic acids is 1. The Kier molecular flexibility index (Phi) is 8.74. The first kappa shape index (κ1) is 30.5. The number of amides is 1. The van der Waals surface area contributed by atoms with E-state index in [0.29, 0.717) is 35.2 Å². The van der Waals surface area contributed by atoms with E-state index in [1.165, 1.54) is 12.1 Å². The highest BCUT2D eigenvalue weighted by molar-refractivity contribution is 7.90. The molecule has 0 aliphatic carbocycles. The third-order valence-corrected chi connectivity index (χ3v) is 8.35. The van der Waals surface area contributed by atoms with E-state index in [9.17, 15) is 17.6 Å². The van der Waals surface area contributed by atoms with E-state index in [1.54, 1.807) is 31.5 Å². The van der Waals surface area contributed by atoms with E-state index in [1.807, 2.05) is 0 Å². The van der Waals surface area contributed by atoms with Crippen molar-refractivity contribution in [3.63, 3.8) is 0 Å². The van der Waals surface area contributed by atoms with Crippen molar-refractivity contribution in [1.82, 2.24) is 25.2 Å². The number of hydrogen-bond acceptors (Lipinski definition) is 9. The molecule has 1 aliphatic heterocycles. The molecular formula is C29H33F2N7O4S. The first-order valence-electron chi connectivity index (χ1n) is 13.6. The second-order valence-electron chi connectivity index (χ2n) is 10.7. The number of nitrogens with one attached hydrogen (secondary N) is 4. The van der Waals surface area contributed by atoms with Gasteiger partial charge in [-0.3, -0.25) is 9.69 Å². The maximum Gasteiger partial charge on any atom is 0.244 e. The zero-order chi connectivity index (χ0) is 30.9. The van der Waals surface area contributed by atoms with Crippen LogP contribution in [0.25, 0.3) is 22.2 Å². The standard InChI is InChI=1S/C29H33F2N7O4S/c1-16-13-38(14-17(2)34-16)23(15-42-3)28(39)35-22-9-5-7-18-19(11-32-27(18)22)26-20(30)12-33-29(37-26)36-21-8-6-10-24(25(21)31)43(4,40)41/h5-12,16-17,23,32,34H,13-15H2,1-4H3,(H,35,39)(H,33,36,37)/t16-,17-,23?/m1/s1. The van der Waals surface area contributed by atoms with Crippen molar-refractivity contribution in [3.8, 4) is 11.3 Å². The number of fused-ring (bicyclic) bond motifs is 1. The summed E-state index contributed by atoms with van der Waals surface area (Å²) in [5, 5.41) is 9.69. The number of ether oxygens (including phenoxy) is 1. The van der Waals surface area contributed by atoms with Gasteiger partial charge in [-0.1, -0.05) is 18.2 Å². The lowest BCUT2D eigenvalue weighted by Gasteiger charge is -2.39. The minimum atomic E-state index is -3.82. The van der Waals surface area contributed by atoms with E-state index in [4.69, 9.17) is 4.74 Å². The van der Waals surface area contributed by atoms with E-state index < -0.39 is 32.4 Å². The number of nitrogens with zero attached hydrogens (tertiary/aromatic N) is 3. The van der Waals surface area contributed by atoms with Gasteiger partial charge in [-0.05, 0) is 32.0 Å². The molecule has 4 N–H and O–H groups in total. The maximum atomic E-state index is 15.1. The monoisotopic (exact) mass is 613 g/mol. The number of halogens is 2. The van der Waals surface area contributed by atoms with Crippen LogP contribution in [0.5, 0.6) is 0 Å².